The first kappa shape index (κ1) is 21.1. The summed E-state index contributed by atoms with van der Waals surface area (Å²) in [5.41, 5.74) is 0.200. The number of amides is 1. The average Bonchev–Trinajstić information content (AvgIpc) is 3.59. The predicted octanol–water partition coefficient (Wildman–Crippen LogP) is 3.57. The number of benzene rings is 1. The SMILES string of the molecule is C#CC(C)(C)[Si@H](C)OC1CC1(C)C1C(=O)N(c2ccc(OC)cc2)C12C[C@H]2C(C)=O. The van der Waals surface area contributed by atoms with Gasteiger partial charge in [0, 0.05) is 22.1 Å². The van der Waals surface area contributed by atoms with Crippen LogP contribution in [0.25, 0.3) is 0 Å². The molecule has 6 heteroatoms. The number of anilines is 1. The maximum Gasteiger partial charge on any atom is 0.233 e. The van der Waals surface area contributed by atoms with Crippen LogP contribution in [0, 0.1) is 29.6 Å². The number of carbonyl (C=O) groups is 2. The maximum atomic E-state index is 13.4. The molecule has 1 heterocycles. The molecule has 160 valence electrons. The second kappa shape index (κ2) is 6.70. The highest BCUT2D eigenvalue weighted by molar-refractivity contribution is 6.55. The Balaban J connectivity index is 1.58. The van der Waals surface area contributed by atoms with Gasteiger partial charge in [-0.15, -0.1) is 12.3 Å². The molecule has 2 saturated carbocycles. The lowest BCUT2D eigenvalue weighted by molar-refractivity contribution is -0.136. The van der Waals surface area contributed by atoms with Crippen LogP contribution < -0.4 is 9.64 Å². The van der Waals surface area contributed by atoms with Crippen molar-refractivity contribution in [3.63, 3.8) is 0 Å². The van der Waals surface area contributed by atoms with Gasteiger partial charge in [0.15, 0.2) is 9.04 Å². The summed E-state index contributed by atoms with van der Waals surface area (Å²) in [5, 5.41) is -0.235. The van der Waals surface area contributed by atoms with Crippen molar-refractivity contribution in [2.45, 2.75) is 63.8 Å². The van der Waals surface area contributed by atoms with E-state index in [9.17, 15) is 9.59 Å². The summed E-state index contributed by atoms with van der Waals surface area (Å²) in [6.07, 6.45) is 7.32. The summed E-state index contributed by atoms with van der Waals surface area (Å²) in [7, 11) is -0.00295. The van der Waals surface area contributed by atoms with E-state index in [0.717, 1.165) is 24.3 Å². The molecular formula is C24H31NO4Si. The summed E-state index contributed by atoms with van der Waals surface area (Å²) in [6.45, 7) is 10.0. The molecular weight excluding hydrogens is 394 g/mol. The van der Waals surface area contributed by atoms with Gasteiger partial charge >= 0.3 is 0 Å². The zero-order valence-electron chi connectivity index (χ0n) is 18.7. The van der Waals surface area contributed by atoms with Gasteiger partial charge in [-0.3, -0.25) is 9.59 Å². The lowest BCUT2D eigenvalue weighted by Crippen LogP contribution is -2.68. The van der Waals surface area contributed by atoms with E-state index in [0.29, 0.717) is 0 Å². The molecule has 0 N–H and O–H groups in total. The number of ether oxygens (including phenoxy) is 1. The second-order valence-corrected chi connectivity index (χ2v) is 13.0. The number of ketones is 1. The van der Waals surface area contributed by atoms with Crippen LogP contribution in [0.1, 0.15) is 40.5 Å². The van der Waals surface area contributed by atoms with Crippen LogP contribution in [0.3, 0.4) is 0 Å². The number of β-lactam (4-membered cyclic amide) rings is 1. The van der Waals surface area contributed by atoms with Gasteiger partial charge in [-0.2, -0.15) is 0 Å². The van der Waals surface area contributed by atoms with Crippen LogP contribution in [-0.4, -0.2) is 39.5 Å². The highest BCUT2D eigenvalue weighted by Gasteiger charge is 2.82. The van der Waals surface area contributed by atoms with Crippen LogP contribution in [-0.2, 0) is 14.0 Å². The van der Waals surface area contributed by atoms with Crippen molar-refractivity contribution in [2.75, 3.05) is 12.0 Å². The Morgan fingerprint density at radius 2 is 1.93 bits per heavy atom. The van der Waals surface area contributed by atoms with Crippen molar-refractivity contribution in [1.82, 2.24) is 0 Å². The second-order valence-electron chi connectivity index (χ2n) is 10.0. The van der Waals surface area contributed by atoms with Crippen LogP contribution >= 0.6 is 0 Å². The molecule has 1 aromatic carbocycles. The van der Waals surface area contributed by atoms with Crippen LogP contribution in [0.5, 0.6) is 5.75 Å². The third-order valence-corrected chi connectivity index (χ3v) is 10.7. The first-order valence-electron chi connectivity index (χ1n) is 10.6. The third kappa shape index (κ3) is 2.86. The third-order valence-electron chi connectivity index (χ3n) is 7.80. The molecule has 3 aliphatic rings. The molecule has 0 radical (unpaired) electrons. The molecule has 4 rings (SSSR count). The molecule has 0 aromatic heterocycles. The van der Waals surface area contributed by atoms with E-state index in [1.54, 1.807) is 14.0 Å². The summed E-state index contributed by atoms with van der Waals surface area (Å²) < 4.78 is 11.7. The van der Waals surface area contributed by atoms with Crippen molar-refractivity contribution >= 4 is 26.4 Å². The summed E-state index contributed by atoms with van der Waals surface area (Å²) in [4.78, 5) is 27.6. The Morgan fingerprint density at radius 3 is 2.43 bits per heavy atom. The molecule has 1 aliphatic heterocycles. The highest BCUT2D eigenvalue weighted by Crippen LogP contribution is 2.72. The molecule has 1 aromatic rings. The Morgan fingerprint density at radius 1 is 1.30 bits per heavy atom. The maximum absolute atomic E-state index is 13.4. The Hall–Kier alpha value is -2.10. The fourth-order valence-corrected chi connectivity index (χ4v) is 6.75. The molecule has 3 fully saturated rings. The molecule has 2 aliphatic carbocycles. The minimum Gasteiger partial charge on any atom is -0.497 e. The van der Waals surface area contributed by atoms with Gasteiger partial charge in [-0.1, -0.05) is 6.92 Å². The van der Waals surface area contributed by atoms with Crippen molar-refractivity contribution < 1.29 is 18.8 Å². The zero-order chi connectivity index (χ0) is 22.1. The predicted molar refractivity (Wildman–Crippen MR) is 119 cm³/mol. The van der Waals surface area contributed by atoms with Gasteiger partial charge in [0.25, 0.3) is 0 Å². The van der Waals surface area contributed by atoms with Crippen molar-refractivity contribution in [1.29, 1.82) is 0 Å². The van der Waals surface area contributed by atoms with E-state index in [1.807, 2.05) is 29.2 Å². The molecule has 6 atom stereocenters. The van der Waals surface area contributed by atoms with Gasteiger partial charge in [0.1, 0.15) is 11.5 Å². The van der Waals surface area contributed by atoms with Gasteiger partial charge in [0.05, 0.1) is 24.7 Å². The number of hydrogen-bond acceptors (Lipinski definition) is 4. The number of methoxy groups -OCH3 is 1. The minimum atomic E-state index is -1.62. The molecule has 1 spiro atoms. The molecule has 1 saturated heterocycles. The summed E-state index contributed by atoms with van der Waals surface area (Å²) in [5.74, 6) is 3.58. The topological polar surface area (TPSA) is 55.8 Å². The fraction of sp³-hybridized carbons (Fsp3) is 0.583. The first-order valence-corrected chi connectivity index (χ1v) is 12.8. The first-order chi connectivity index (χ1) is 14.0. The summed E-state index contributed by atoms with van der Waals surface area (Å²) in [6, 6.07) is 7.51. The highest BCUT2D eigenvalue weighted by atomic mass is 28.3. The molecule has 30 heavy (non-hydrogen) atoms. The smallest absolute Gasteiger partial charge is 0.233 e. The molecule has 5 nitrogen and oxygen atoms in total. The van der Waals surface area contributed by atoms with Crippen molar-refractivity contribution in [3.8, 4) is 18.1 Å². The monoisotopic (exact) mass is 425 g/mol. The number of terminal acetylenes is 1. The quantitative estimate of drug-likeness (QED) is 0.381. The molecule has 1 amide bonds. The Kier molecular flexibility index (Phi) is 4.72. The van der Waals surface area contributed by atoms with Gasteiger partial charge in [-0.05, 0) is 64.4 Å². The molecule has 0 bridgehead atoms. The Bertz CT molecular complexity index is 936. The Labute approximate surface area is 180 Å². The van der Waals surface area contributed by atoms with E-state index in [4.69, 9.17) is 15.6 Å². The standard InChI is InChI=1S/C24H31NO4Si/c1-8-22(3,4)30(7)29-19-14-23(19,5)20-21(27)25(24(20)13-18(24)15(2)26)16-9-11-17(28-6)12-10-16/h1,9-12,18-20,30H,13-14H2,2-7H3/t18-,19?,20?,23?,24?,30-/m0/s1. The largest absolute Gasteiger partial charge is 0.497 e. The summed E-state index contributed by atoms with van der Waals surface area (Å²) >= 11 is 0. The average molecular weight is 426 g/mol. The van der Waals surface area contributed by atoms with Crippen molar-refractivity contribution in [2.24, 2.45) is 17.3 Å². The minimum absolute atomic E-state index is 0.0452. The molecule has 4 unspecified atom stereocenters. The normalized spacial score (nSPS) is 35.4. The number of rotatable bonds is 7. The van der Waals surface area contributed by atoms with E-state index in [2.05, 4.69) is 33.2 Å². The lowest BCUT2D eigenvalue weighted by atomic mass is 9.71. The number of nitrogens with zero attached hydrogens (tertiary/aromatic N) is 1. The van der Waals surface area contributed by atoms with Crippen LogP contribution in [0.4, 0.5) is 5.69 Å². The van der Waals surface area contributed by atoms with Gasteiger partial charge < -0.3 is 14.1 Å². The van der Waals surface area contributed by atoms with E-state index >= 15 is 0 Å². The van der Waals surface area contributed by atoms with E-state index in [-0.39, 0.29) is 40.1 Å². The van der Waals surface area contributed by atoms with Crippen LogP contribution in [0.15, 0.2) is 24.3 Å². The van der Waals surface area contributed by atoms with E-state index in [1.165, 1.54) is 0 Å². The number of Topliss-reactive ketones (excluding diaryl/α,β-unsaturated/α-hetero) is 1. The number of hydrogen-bond donors (Lipinski definition) is 0. The fourth-order valence-electron chi connectivity index (χ4n) is 5.27. The van der Waals surface area contributed by atoms with Gasteiger partial charge in [-0.25, -0.2) is 0 Å². The van der Waals surface area contributed by atoms with Gasteiger partial charge in [0.2, 0.25) is 5.91 Å². The van der Waals surface area contributed by atoms with Crippen LogP contribution in [0.2, 0.25) is 11.6 Å². The van der Waals surface area contributed by atoms with E-state index < -0.39 is 14.6 Å². The van der Waals surface area contributed by atoms with Crippen molar-refractivity contribution in [3.05, 3.63) is 24.3 Å². The number of carbonyl (C=O) groups excluding carboxylic acids is 2. The lowest BCUT2D eigenvalue weighted by Gasteiger charge is -2.52. The zero-order valence-corrected chi connectivity index (χ0v) is 19.8.